The Bertz CT molecular complexity index is 350. The number of benzene rings is 1. The van der Waals surface area contributed by atoms with Crippen molar-refractivity contribution in [1.29, 1.82) is 0 Å². The predicted molar refractivity (Wildman–Crippen MR) is 68.8 cm³/mol. The molecule has 1 unspecified atom stereocenters. The van der Waals surface area contributed by atoms with E-state index in [-0.39, 0.29) is 11.9 Å². The first-order valence-corrected chi connectivity index (χ1v) is 6.19. The van der Waals surface area contributed by atoms with E-state index in [0.29, 0.717) is 17.2 Å². The molecule has 1 aromatic rings. The molecular weight excluding hydrogens is 217 g/mol. The van der Waals surface area contributed by atoms with Crippen LogP contribution in [0.1, 0.15) is 38.3 Å². The lowest BCUT2D eigenvalue weighted by Gasteiger charge is -2.27. The van der Waals surface area contributed by atoms with E-state index in [1.165, 1.54) is 6.07 Å². The van der Waals surface area contributed by atoms with Gasteiger partial charge in [-0.15, -0.1) is 0 Å². The third-order valence-electron chi connectivity index (χ3n) is 3.37. The molecule has 1 rings (SSSR count). The Hall–Kier alpha value is -1.09. The van der Waals surface area contributed by atoms with Crippen molar-refractivity contribution in [3.63, 3.8) is 0 Å². The highest BCUT2D eigenvalue weighted by Crippen LogP contribution is 2.34. The molecule has 1 aromatic carbocycles. The highest BCUT2D eigenvalue weighted by Gasteiger charge is 2.24. The van der Waals surface area contributed by atoms with E-state index in [0.717, 1.165) is 12.8 Å². The fourth-order valence-electron chi connectivity index (χ4n) is 2.37. The van der Waals surface area contributed by atoms with Gasteiger partial charge in [-0.3, -0.25) is 0 Å². The monoisotopic (exact) mass is 239 g/mol. The zero-order valence-corrected chi connectivity index (χ0v) is 11.1. The van der Waals surface area contributed by atoms with Crippen LogP contribution in [-0.4, -0.2) is 14.2 Å². The van der Waals surface area contributed by atoms with Crippen molar-refractivity contribution in [2.45, 2.75) is 32.7 Å². The van der Waals surface area contributed by atoms with E-state index in [1.54, 1.807) is 13.2 Å². The van der Waals surface area contributed by atoms with E-state index in [1.807, 2.05) is 13.1 Å². The lowest BCUT2D eigenvalue weighted by atomic mass is 9.88. The number of ether oxygens (including phenoxy) is 1. The van der Waals surface area contributed by atoms with Crippen molar-refractivity contribution >= 4 is 0 Å². The fraction of sp³-hybridized carbons (Fsp3) is 0.571. The summed E-state index contributed by atoms with van der Waals surface area (Å²) < 4.78 is 19.3. The maximum absolute atomic E-state index is 14.0. The van der Waals surface area contributed by atoms with E-state index in [2.05, 4.69) is 19.2 Å². The molecule has 2 nitrogen and oxygen atoms in total. The van der Waals surface area contributed by atoms with Gasteiger partial charge in [-0.05, 0) is 25.1 Å². The highest BCUT2D eigenvalue weighted by molar-refractivity contribution is 5.37. The van der Waals surface area contributed by atoms with Crippen LogP contribution in [0, 0.1) is 11.7 Å². The summed E-state index contributed by atoms with van der Waals surface area (Å²) in [6.07, 6.45) is 2.03. The number of methoxy groups -OCH3 is 1. The largest absolute Gasteiger partial charge is 0.496 e. The third-order valence-corrected chi connectivity index (χ3v) is 3.37. The predicted octanol–water partition coefficient (Wildman–Crippen LogP) is 3.53. The standard InChI is InChI=1S/C14H22FNO/c1-5-10(6-2)14(16-3)13-11(15)8-7-9-12(13)17-4/h7-10,14,16H,5-6H2,1-4H3. The fourth-order valence-corrected chi connectivity index (χ4v) is 2.37. The highest BCUT2D eigenvalue weighted by atomic mass is 19.1. The SMILES string of the molecule is CCC(CC)C(NC)c1c(F)cccc1OC. The van der Waals surface area contributed by atoms with Crippen LogP contribution in [-0.2, 0) is 0 Å². The molecule has 0 aromatic heterocycles. The second-order valence-electron chi connectivity index (χ2n) is 4.20. The van der Waals surface area contributed by atoms with E-state index < -0.39 is 0 Å². The molecule has 0 heterocycles. The first kappa shape index (κ1) is 14.0. The van der Waals surface area contributed by atoms with Crippen LogP contribution < -0.4 is 10.1 Å². The summed E-state index contributed by atoms with van der Waals surface area (Å²) in [5.41, 5.74) is 0.645. The first-order valence-electron chi connectivity index (χ1n) is 6.19. The van der Waals surface area contributed by atoms with Crippen LogP contribution in [0.25, 0.3) is 0 Å². The molecule has 0 radical (unpaired) electrons. The topological polar surface area (TPSA) is 21.3 Å². The van der Waals surface area contributed by atoms with Crippen LogP contribution in [0.3, 0.4) is 0 Å². The van der Waals surface area contributed by atoms with Gasteiger partial charge in [-0.25, -0.2) is 4.39 Å². The van der Waals surface area contributed by atoms with Crippen molar-refractivity contribution in [3.8, 4) is 5.75 Å². The van der Waals surface area contributed by atoms with Crippen LogP contribution in [0.2, 0.25) is 0 Å². The molecule has 0 aliphatic heterocycles. The molecule has 0 spiro atoms. The van der Waals surface area contributed by atoms with Gasteiger partial charge in [0.2, 0.25) is 0 Å². The van der Waals surface area contributed by atoms with Gasteiger partial charge < -0.3 is 10.1 Å². The summed E-state index contributed by atoms with van der Waals surface area (Å²) >= 11 is 0. The van der Waals surface area contributed by atoms with Gasteiger partial charge >= 0.3 is 0 Å². The maximum Gasteiger partial charge on any atom is 0.131 e. The van der Waals surface area contributed by atoms with Gasteiger partial charge in [0.15, 0.2) is 0 Å². The zero-order valence-electron chi connectivity index (χ0n) is 11.1. The minimum atomic E-state index is -0.199. The molecule has 0 amide bonds. The Morgan fingerprint density at radius 1 is 1.29 bits per heavy atom. The summed E-state index contributed by atoms with van der Waals surface area (Å²) in [6, 6.07) is 4.98. The second-order valence-corrected chi connectivity index (χ2v) is 4.20. The number of rotatable bonds is 6. The quantitative estimate of drug-likeness (QED) is 0.820. The van der Waals surface area contributed by atoms with Crippen LogP contribution in [0.15, 0.2) is 18.2 Å². The molecule has 0 fully saturated rings. The molecule has 96 valence electrons. The van der Waals surface area contributed by atoms with Crippen molar-refractivity contribution in [2.24, 2.45) is 5.92 Å². The van der Waals surface area contributed by atoms with Crippen molar-refractivity contribution < 1.29 is 9.13 Å². The molecule has 0 bridgehead atoms. The minimum absolute atomic E-state index is 0.00106. The van der Waals surface area contributed by atoms with Crippen LogP contribution in [0.4, 0.5) is 4.39 Å². The zero-order chi connectivity index (χ0) is 12.8. The average molecular weight is 239 g/mol. The van der Waals surface area contributed by atoms with Gasteiger partial charge in [0.05, 0.1) is 7.11 Å². The Labute approximate surface area is 103 Å². The Morgan fingerprint density at radius 2 is 1.94 bits per heavy atom. The number of nitrogens with one attached hydrogen (secondary N) is 1. The number of halogens is 1. The summed E-state index contributed by atoms with van der Waals surface area (Å²) in [5, 5.41) is 3.22. The molecule has 0 aliphatic carbocycles. The Kier molecular flexibility index (Phi) is 5.42. The van der Waals surface area contributed by atoms with E-state index in [4.69, 9.17) is 4.74 Å². The van der Waals surface area contributed by atoms with Gasteiger partial charge in [-0.2, -0.15) is 0 Å². The number of hydrogen-bond acceptors (Lipinski definition) is 2. The van der Waals surface area contributed by atoms with E-state index in [9.17, 15) is 4.39 Å². The summed E-state index contributed by atoms with van der Waals surface area (Å²) in [4.78, 5) is 0. The molecule has 17 heavy (non-hydrogen) atoms. The molecule has 0 aliphatic rings. The van der Waals surface area contributed by atoms with Crippen molar-refractivity contribution in [1.82, 2.24) is 5.32 Å². The molecular formula is C14H22FNO. The number of hydrogen-bond donors (Lipinski definition) is 1. The molecule has 0 saturated heterocycles. The van der Waals surface area contributed by atoms with Crippen LogP contribution >= 0.6 is 0 Å². The van der Waals surface area contributed by atoms with Crippen molar-refractivity contribution in [3.05, 3.63) is 29.6 Å². The van der Waals surface area contributed by atoms with Gasteiger partial charge in [-0.1, -0.05) is 32.8 Å². The molecule has 0 saturated carbocycles. The maximum atomic E-state index is 14.0. The average Bonchev–Trinajstić information content (AvgIpc) is 2.36. The van der Waals surface area contributed by atoms with Gasteiger partial charge in [0, 0.05) is 11.6 Å². The molecule has 1 N–H and O–H groups in total. The summed E-state index contributed by atoms with van der Waals surface area (Å²) in [7, 11) is 3.45. The Balaban J connectivity index is 3.18. The lowest BCUT2D eigenvalue weighted by molar-refractivity contribution is 0.329. The van der Waals surface area contributed by atoms with Crippen LogP contribution in [0.5, 0.6) is 5.75 Å². The third kappa shape index (κ3) is 2.97. The Morgan fingerprint density at radius 3 is 2.41 bits per heavy atom. The second kappa shape index (κ2) is 6.60. The summed E-state index contributed by atoms with van der Waals surface area (Å²) in [6.45, 7) is 4.26. The van der Waals surface area contributed by atoms with Gasteiger partial charge in [0.25, 0.3) is 0 Å². The van der Waals surface area contributed by atoms with Gasteiger partial charge in [0.1, 0.15) is 11.6 Å². The summed E-state index contributed by atoms with van der Waals surface area (Å²) in [5.74, 6) is 0.831. The minimum Gasteiger partial charge on any atom is -0.496 e. The molecule has 3 heteroatoms. The van der Waals surface area contributed by atoms with E-state index >= 15 is 0 Å². The normalized spacial score (nSPS) is 12.8. The lowest BCUT2D eigenvalue weighted by Crippen LogP contribution is -2.26. The van der Waals surface area contributed by atoms with Crippen molar-refractivity contribution in [2.75, 3.05) is 14.2 Å². The smallest absolute Gasteiger partial charge is 0.131 e. The first-order chi connectivity index (χ1) is 8.19. The molecule has 1 atom stereocenters.